The molecule has 36 heavy (non-hydrogen) atoms. The summed E-state index contributed by atoms with van der Waals surface area (Å²) in [6.07, 6.45) is 3.45. The van der Waals surface area contributed by atoms with Gasteiger partial charge >= 0.3 is 0 Å². The van der Waals surface area contributed by atoms with Crippen LogP contribution in [0.15, 0.2) is 91.3 Å². The number of para-hydroxylation sites is 1. The molecule has 0 N–H and O–H groups in total. The number of aromatic nitrogens is 2. The van der Waals surface area contributed by atoms with Gasteiger partial charge in [-0.2, -0.15) is 0 Å². The fourth-order valence-corrected chi connectivity index (χ4v) is 4.71. The van der Waals surface area contributed by atoms with Crippen molar-refractivity contribution in [2.75, 3.05) is 19.1 Å². The molecular weight excluding hydrogens is 474 g/mol. The van der Waals surface area contributed by atoms with Crippen molar-refractivity contribution in [1.29, 1.82) is 0 Å². The predicted molar refractivity (Wildman–Crippen MR) is 140 cm³/mol. The largest absolute Gasteiger partial charge is 0.493 e. The van der Waals surface area contributed by atoms with Gasteiger partial charge in [-0.1, -0.05) is 41.7 Å². The molecule has 2 heterocycles. The molecule has 0 radical (unpaired) electrons. The molecule has 2 aromatic heterocycles. The molecule has 0 atom stereocenters. The molecule has 0 aliphatic rings. The van der Waals surface area contributed by atoms with E-state index in [9.17, 15) is 4.79 Å². The van der Waals surface area contributed by atoms with Crippen molar-refractivity contribution in [3.05, 3.63) is 102 Å². The average molecular weight is 498 g/mol. The second kappa shape index (κ2) is 10.5. The highest BCUT2D eigenvalue weighted by Crippen LogP contribution is 2.38. The number of methoxy groups -OCH3 is 2. The van der Waals surface area contributed by atoms with Crippen molar-refractivity contribution < 1.29 is 19.0 Å². The molecule has 3 aromatic carbocycles. The van der Waals surface area contributed by atoms with Gasteiger partial charge in [0.1, 0.15) is 11.5 Å². The summed E-state index contributed by atoms with van der Waals surface area (Å²) in [6, 6.07) is 24.1. The van der Waals surface area contributed by atoms with Gasteiger partial charge in [0.2, 0.25) is 0 Å². The Balaban J connectivity index is 1.52. The van der Waals surface area contributed by atoms with Gasteiger partial charge in [0.15, 0.2) is 16.6 Å². The minimum absolute atomic E-state index is 0.199. The number of rotatable bonds is 8. The maximum absolute atomic E-state index is 13.8. The normalized spacial score (nSPS) is 10.7. The number of pyridine rings is 1. The van der Waals surface area contributed by atoms with E-state index in [0.29, 0.717) is 40.2 Å². The van der Waals surface area contributed by atoms with Crippen LogP contribution in [0.3, 0.4) is 0 Å². The third kappa shape index (κ3) is 4.99. The topological polar surface area (TPSA) is 73.8 Å². The number of ether oxygens (including phenoxy) is 3. The molecule has 8 heteroatoms. The molecule has 180 valence electrons. The van der Waals surface area contributed by atoms with Crippen LogP contribution >= 0.6 is 11.3 Å². The lowest BCUT2D eigenvalue weighted by Crippen LogP contribution is -2.30. The number of hydrogen-bond acceptors (Lipinski definition) is 7. The Hall–Kier alpha value is -4.43. The number of amides is 1. The van der Waals surface area contributed by atoms with Gasteiger partial charge in [-0.3, -0.25) is 14.7 Å². The second-order valence-corrected chi connectivity index (χ2v) is 8.88. The first-order chi connectivity index (χ1) is 17.6. The molecule has 1 amide bonds. The van der Waals surface area contributed by atoms with E-state index < -0.39 is 0 Å². The van der Waals surface area contributed by atoms with E-state index in [0.717, 1.165) is 15.8 Å². The van der Waals surface area contributed by atoms with Crippen molar-refractivity contribution >= 4 is 32.6 Å². The highest BCUT2D eigenvalue weighted by atomic mass is 32.1. The number of benzene rings is 3. The van der Waals surface area contributed by atoms with Crippen molar-refractivity contribution in [3.8, 4) is 23.0 Å². The van der Waals surface area contributed by atoms with E-state index in [1.54, 1.807) is 43.6 Å². The Morgan fingerprint density at radius 3 is 2.42 bits per heavy atom. The molecule has 0 spiro atoms. The zero-order chi connectivity index (χ0) is 24.9. The van der Waals surface area contributed by atoms with Crippen LogP contribution in [0.4, 0.5) is 5.13 Å². The Labute approximate surface area is 212 Å². The summed E-state index contributed by atoms with van der Waals surface area (Å²) in [5, 5.41) is 0.559. The van der Waals surface area contributed by atoms with Crippen LogP contribution in [0.2, 0.25) is 0 Å². The SMILES string of the molecule is COc1cc2nc(N(Cc3cccnc3)C(=O)c3cccc(Oc4ccccc4)c3)sc2cc1OC. The van der Waals surface area contributed by atoms with E-state index in [1.807, 2.05) is 66.7 Å². The number of carbonyl (C=O) groups excluding carboxylic acids is 1. The van der Waals surface area contributed by atoms with Gasteiger partial charge in [-0.15, -0.1) is 0 Å². The minimum atomic E-state index is -0.199. The number of fused-ring (bicyclic) bond motifs is 1. The summed E-state index contributed by atoms with van der Waals surface area (Å²) in [5.74, 6) is 2.26. The van der Waals surface area contributed by atoms with Crippen molar-refractivity contribution in [2.45, 2.75) is 6.54 Å². The van der Waals surface area contributed by atoms with Crippen molar-refractivity contribution in [3.63, 3.8) is 0 Å². The van der Waals surface area contributed by atoms with Gasteiger partial charge in [0, 0.05) is 30.1 Å². The zero-order valence-electron chi connectivity index (χ0n) is 19.8. The lowest BCUT2D eigenvalue weighted by molar-refractivity contribution is 0.0985. The van der Waals surface area contributed by atoms with Crippen LogP contribution in [0.25, 0.3) is 10.2 Å². The standard InChI is InChI=1S/C28H23N3O4S/c1-33-24-15-23-26(16-25(24)34-2)36-28(30-23)31(18-19-8-7-13-29-17-19)27(32)20-9-6-12-22(14-20)35-21-10-4-3-5-11-21/h3-17H,18H2,1-2H3. The molecular formula is C28H23N3O4S. The monoisotopic (exact) mass is 497 g/mol. The Morgan fingerprint density at radius 2 is 1.67 bits per heavy atom. The maximum atomic E-state index is 13.8. The van der Waals surface area contributed by atoms with E-state index in [1.165, 1.54) is 11.3 Å². The molecule has 0 bridgehead atoms. The maximum Gasteiger partial charge on any atom is 0.260 e. The van der Waals surface area contributed by atoms with E-state index in [2.05, 4.69) is 4.98 Å². The fraction of sp³-hybridized carbons (Fsp3) is 0.107. The third-order valence-electron chi connectivity index (χ3n) is 5.48. The first-order valence-corrected chi connectivity index (χ1v) is 12.0. The lowest BCUT2D eigenvalue weighted by atomic mass is 10.1. The minimum Gasteiger partial charge on any atom is -0.493 e. The van der Waals surface area contributed by atoms with Gasteiger partial charge in [0.05, 0.1) is 31.0 Å². The predicted octanol–water partition coefficient (Wildman–Crippen LogP) is 6.35. The van der Waals surface area contributed by atoms with E-state index in [4.69, 9.17) is 19.2 Å². The molecule has 0 fully saturated rings. The zero-order valence-corrected chi connectivity index (χ0v) is 20.6. The highest BCUT2D eigenvalue weighted by molar-refractivity contribution is 7.22. The van der Waals surface area contributed by atoms with Crippen LogP contribution in [0.1, 0.15) is 15.9 Å². The van der Waals surface area contributed by atoms with Crippen molar-refractivity contribution in [2.24, 2.45) is 0 Å². The van der Waals surface area contributed by atoms with Crippen LogP contribution in [-0.2, 0) is 6.54 Å². The Morgan fingerprint density at radius 1 is 0.889 bits per heavy atom. The van der Waals surface area contributed by atoms with Gasteiger partial charge < -0.3 is 14.2 Å². The van der Waals surface area contributed by atoms with Crippen LogP contribution in [0.5, 0.6) is 23.0 Å². The molecule has 0 aliphatic carbocycles. The Bertz CT molecular complexity index is 1450. The highest BCUT2D eigenvalue weighted by Gasteiger charge is 2.23. The summed E-state index contributed by atoms with van der Waals surface area (Å²) in [4.78, 5) is 24.5. The third-order valence-corrected chi connectivity index (χ3v) is 6.52. The molecule has 5 aromatic rings. The van der Waals surface area contributed by atoms with E-state index >= 15 is 0 Å². The molecule has 7 nitrogen and oxygen atoms in total. The smallest absolute Gasteiger partial charge is 0.260 e. The summed E-state index contributed by atoms with van der Waals surface area (Å²) < 4.78 is 17.7. The summed E-state index contributed by atoms with van der Waals surface area (Å²) >= 11 is 1.41. The summed E-state index contributed by atoms with van der Waals surface area (Å²) in [5.41, 5.74) is 2.09. The lowest BCUT2D eigenvalue weighted by Gasteiger charge is -2.20. The molecule has 0 unspecified atom stereocenters. The van der Waals surface area contributed by atoms with Crippen LogP contribution < -0.4 is 19.1 Å². The number of nitrogens with zero attached hydrogens (tertiary/aromatic N) is 3. The van der Waals surface area contributed by atoms with E-state index in [-0.39, 0.29) is 5.91 Å². The summed E-state index contributed by atoms with van der Waals surface area (Å²) in [6.45, 7) is 0.310. The van der Waals surface area contributed by atoms with Crippen molar-refractivity contribution in [1.82, 2.24) is 9.97 Å². The van der Waals surface area contributed by atoms with Gasteiger partial charge in [-0.05, 0) is 42.0 Å². The first kappa shape index (κ1) is 23.3. The van der Waals surface area contributed by atoms with Gasteiger partial charge in [-0.25, -0.2) is 4.98 Å². The Kier molecular flexibility index (Phi) is 6.77. The van der Waals surface area contributed by atoms with Crippen LogP contribution in [-0.4, -0.2) is 30.1 Å². The molecule has 0 saturated carbocycles. The fourth-order valence-electron chi connectivity index (χ4n) is 3.73. The number of thiazole rings is 1. The quantitative estimate of drug-likeness (QED) is 0.249. The second-order valence-electron chi connectivity index (χ2n) is 7.87. The summed E-state index contributed by atoms with van der Waals surface area (Å²) in [7, 11) is 3.17. The first-order valence-electron chi connectivity index (χ1n) is 11.2. The number of hydrogen-bond donors (Lipinski definition) is 0. The van der Waals surface area contributed by atoms with Gasteiger partial charge in [0.25, 0.3) is 5.91 Å². The molecule has 0 aliphatic heterocycles. The van der Waals surface area contributed by atoms with Crippen LogP contribution in [0, 0.1) is 0 Å². The number of carbonyl (C=O) groups is 1. The average Bonchev–Trinajstić information content (AvgIpc) is 3.34. The molecule has 0 saturated heterocycles. The number of anilines is 1. The molecule has 5 rings (SSSR count).